The number of halogens is 1. The minimum atomic E-state index is -3.86. The summed E-state index contributed by atoms with van der Waals surface area (Å²) in [5.41, 5.74) is 9.62. The Labute approximate surface area is 249 Å². The predicted molar refractivity (Wildman–Crippen MR) is 165 cm³/mol. The largest absolute Gasteiger partial charge is 0.399 e. The molecule has 5 aromatic rings. The van der Waals surface area contributed by atoms with Gasteiger partial charge >= 0.3 is 0 Å². The second-order valence-electron chi connectivity index (χ2n) is 10.3. The third kappa shape index (κ3) is 5.19. The first-order chi connectivity index (χ1) is 20.2. The normalized spacial score (nSPS) is 14.3. The zero-order valence-electron chi connectivity index (χ0n) is 22.9. The molecular weight excluding hydrogens is 572 g/mol. The van der Waals surface area contributed by atoms with Gasteiger partial charge in [0.15, 0.2) is 0 Å². The van der Waals surface area contributed by atoms with Gasteiger partial charge in [-0.15, -0.1) is 0 Å². The Bertz CT molecular complexity index is 1900. The van der Waals surface area contributed by atoms with Gasteiger partial charge in [0.2, 0.25) is 5.95 Å². The van der Waals surface area contributed by atoms with Crippen LogP contribution in [0.25, 0.3) is 22.2 Å². The van der Waals surface area contributed by atoms with Crippen LogP contribution in [0.2, 0.25) is 5.02 Å². The van der Waals surface area contributed by atoms with E-state index in [9.17, 15) is 13.2 Å². The van der Waals surface area contributed by atoms with Crippen molar-refractivity contribution in [2.45, 2.75) is 30.7 Å². The first-order valence-electron chi connectivity index (χ1n) is 13.6. The SMILES string of the molecule is Cc1cc(C(=O)N2CCC(Nc3ncc(Cl)c(-c4cn(S(=O)(=O)c5ccccc5)c5ccccc45)n3)CC2)ccc1N. The second kappa shape index (κ2) is 11.1. The summed E-state index contributed by atoms with van der Waals surface area (Å²) >= 11 is 6.58. The molecule has 0 spiro atoms. The molecule has 1 fully saturated rings. The van der Waals surface area contributed by atoms with Crippen LogP contribution in [-0.2, 0) is 10.0 Å². The third-order valence-corrected chi connectivity index (χ3v) is 9.57. The number of amides is 1. The molecule has 42 heavy (non-hydrogen) atoms. The molecule has 0 unspecified atom stereocenters. The maximum atomic E-state index is 13.6. The number of anilines is 2. The zero-order valence-corrected chi connectivity index (χ0v) is 24.4. The summed E-state index contributed by atoms with van der Waals surface area (Å²) in [5, 5.41) is 4.39. The van der Waals surface area contributed by atoms with E-state index < -0.39 is 10.0 Å². The van der Waals surface area contributed by atoms with E-state index >= 15 is 0 Å². The number of fused-ring (bicyclic) bond motifs is 1. The summed E-state index contributed by atoms with van der Waals surface area (Å²) in [7, 11) is -3.86. The van der Waals surface area contributed by atoms with E-state index in [-0.39, 0.29) is 16.8 Å². The Balaban J connectivity index is 1.24. The quantitative estimate of drug-likeness (QED) is 0.243. The number of carbonyl (C=O) groups excluding carboxylic acids is 1. The third-order valence-electron chi connectivity index (χ3n) is 7.61. The Morgan fingerprint density at radius 2 is 1.74 bits per heavy atom. The molecule has 9 nitrogen and oxygen atoms in total. The van der Waals surface area contributed by atoms with Gasteiger partial charge in [-0.05, 0) is 61.7 Å². The first-order valence-corrected chi connectivity index (χ1v) is 15.4. The molecule has 1 aliphatic heterocycles. The number of carbonyl (C=O) groups is 1. The molecule has 6 rings (SSSR count). The smallest absolute Gasteiger partial charge is 0.268 e. The molecule has 1 saturated heterocycles. The number of hydrogen-bond acceptors (Lipinski definition) is 7. The maximum Gasteiger partial charge on any atom is 0.268 e. The van der Waals surface area contributed by atoms with Crippen LogP contribution in [0.15, 0.2) is 90.1 Å². The summed E-state index contributed by atoms with van der Waals surface area (Å²) < 4.78 is 28.4. The molecule has 0 bridgehead atoms. The van der Waals surface area contributed by atoms with Crippen molar-refractivity contribution in [3.8, 4) is 11.3 Å². The van der Waals surface area contributed by atoms with Gasteiger partial charge in [-0.3, -0.25) is 4.79 Å². The average Bonchev–Trinajstić information content (AvgIpc) is 3.40. The molecule has 1 amide bonds. The average molecular weight is 601 g/mol. The highest BCUT2D eigenvalue weighted by molar-refractivity contribution is 7.90. The summed E-state index contributed by atoms with van der Waals surface area (Å²) in [6.07, 6.45) is 4.52. The Morgan fingerprint density at radius 1 is 1.02 bits per heavy atom. The van der Waals surface area contributed by atoms with Crippen molar-refractivity contribution < 1.29 is 13.2 Å². The van der Waals surface area contributed by atoms with Gasteiger partial charge in [0.25, 0.3) is 15.9 Å². The van der Waals surface area contributed by atoms with Gasteiger partial charge < -0.3 is 16.0 Å². The highest BCUT2D eigenvalue weighted by Gasteiger charge is 2.26. The number of rotatable bonds is 6. The number of likely N-dealkylation sites (tertiary alicyclic amines) is 1. The zero-order chi connectivity index (χ0) is 29.4. The lowest BCUT2D eigenvalue weighted by Crippen LogP contribution is -2.42. The fourth-order valence-corrected chi connectivity index (χ4v) is 6.85. The second-order valence-corrected chi connectivity index (χ2v) is 12.6. The molecule has 3 aromatic carbocycles. The molecule has 3 heterocycles. The van der Waals surface area contributed by atoms with Crippen LogP contribution in [0.4, 0.5) is 11.6 Å². The molecule has 1 aliphatic rings. The van der Waals surface area contributed by atoms with Crippen LogP contribution in [0.3, 0.4) is 0 Å². The molecular formula is C31H29ClN6O3S. The number of aryl methyl sites for hydroxylation is 1. The summed E-state index contributed by atoms with van der Waals surface area (Å²) in [4.78, 5) is 24.2. The minimum Gasteiger partial charge on any atom is -0.399 e. The van der Waals surface area contributed by atoms with E-state index in [1.807, 2.05) is 30.0 Å². The van der Waals surface area contributed by atoms with Crippen molar-refractivity contribution in [2.24, 2.45) is 0 Å². The lowest BCUT2D eigenvalue weighted by atomic mass is 10.0. The van der Waals surface area contributed by atoms with Gasteiger partial charge in [-0.2, -0.15) is 0 Å². The summed E-state index contributed by atoms with van der Waals surface area (Å²) in [6.45, 7) is 3.07. The number of nitrogens with one attached hydrogen (secondary N) is 1. The Kier molecular flexibility index (Phi) is 7.34. The van der Waals surface area contributed by atoms with Crippen LogP contribution >= 0.6 is 11.6 Å². The summed E-state index contributed by atoms with van der Waals surface area (Å²) in [6, 6.07) is 21.0. The number of aromatic nitrogens is 3. The van der Waals surface area contributed by atoms with Gasteiger partial charge in [0.05, 0.1) is 27.3 Å². The Morgan fingerprint density at radius 3 is 2.48 bits per heavy atom. The minimum absolute atomic E-state index is 0.0107. The maximum absolute atomic E-state index is 13.6. The van der Waals surface area contributed by atoms with Crippen molar-refractivity contribution in [2.75, 3.05) is 24.1 Å². The number of piperidine rings is 1. The van der Waals surface area contributed by atoms with Crippen molar-refractivity contribution >= 4 is 50.1 Å². The predicted octanol–water partition coefficient (Wildman–Crippen LogP) is 5.60. The molecule has 2 aromatic heterocycles. The molecule has 0 radical (unpaired) electrons. The number of nitrogens with zero attached hydrogens (tertiary/aromatic N) is 4. The monoisotopic (exact) mass is 600 g/mol. The van der Waals surface area contributed by atoms with Crippen LogP contribution in [0.1, 0.15) is 28.8 Å². The highest BCUT2D eigenvalue weighted by Crippen LogP contribution is 2.36. The molecule has 3 N–H and O–H groups in total. The Hall–Kier alpha value is -4.41. The lowest BCUT2D eigenvalue weighted by Gasteiger charge is -2.32. The molecule has 0 saturated carbocycles. The van der Waals surface area contributed by atoms with Crippen LogP contribution < -0.4 is 11.1 Å². The highest BCUT2D eigenvalue weighted by atomic mass is 35.5. The van der Waals surface area contributed by atoms with E-state index in [2.05, 4.69) is 10.3 Å². The van der Waals surface area contributed by atoms with Gasteiger partial charge in [0.1, 0.15) is 0 Å². The lowest BCUT2D eigenvalue weighted by molar-refractivity contribution is 0.0718. The molecule has 0 aliphatic carbocycles. The molecule has 11 heteroatoms. The van der Waals surface area contributed by atoms with Gasteiger partial charge in [0, 0.05) is 47.5 Å². The van der Waals surface area contributed by atoms with E-state index in [4.69, 9.17) is 22.3 Å². The number of nitrogens with two attached hydrogens (primary N) is 1. The van der Waals surface area contributed by atoms with Crippen molar-refractivity contribution in [3.63, 3.8) is 0 Å². The van der Waals surface area contributed by atoms with Gasteiger partial charge in [-0.1, -0.05) is 48.0 Å². The first kappa shape index (κ1) is 27.7. The van der Waals surface area contributed by atoms with E-state index in [1.165, 1.54) is 10.2 Å². The summed E-state index contributed by atoms with van der Waals surface area (Å²) in [5.74, 6) is 0.375. The number of hydrogen-bond donors (Lipinski definition) is 2. The van der Waals surface area contributed by atoms with Crippen molar-refractivity contribution in [1.82, 2.24) is 18.8 Å². The fraction of sp³-hybridized carbons (Fsp3) is 0.194. The van der Waals surface area contributed by atoms with Crippen molar-refractivity contribution in [3.05, 3.63) is 101 Å². The van der Waals surface area contributed by atoms with E-state index in [0.717, 1.165) is 18.4 Å². The molecule has 0 atom stereocenters. The van der Waals surface area contributed by atoms with Crippen molar-refractivity contribution in [1.29, 1.82) is 0 Å². The number of benzene rings is 3. The molecule has 214 valence electrons. The fourth-order valence-electron chi connectivity index (χ4n) is 5.27. The number of para-hydroxylation sites is 1. The van der Waals surface area contributed by atoms with E-state index in [0.29, 0.717) is 57.5 Å². The topological polar surface area (TPSA) is 123 Å². The van der Waals surface area contributed by atoms with Crippen LogP contribution in [-0.4, -0.2) is 52.3 Å². The van der Waals surface area contributed by atoms with Gasteiger partial charge in [-0.25, -0.2) is 22.4 Å². The van der Waals surface area contributed by atoms with Crippen LogP contribution in [0.5, 0.6) is 0 Å². The van der Waals surface area contributed by atoms with Crippen LogP contribution in [0, 0.1) is 6.92 Å². The standard InChI is InChI=1S/C31H29ClN6O3S/c1-20-17-21(11-12-27(20)33)30(39)37-15-13-22(14-16-37)35-31-34-18-26(32)29(36-31)25-19-38(28-10-6-5-9-24(25)28)42(40,41)23-7-3-2-4-8-23/h2-12,17-19,22H,13-16,33H2,1H3,(H,34,35,36). The van der Waals surface area contributed by atoms with E-state index in [1.54, 1.807) is 60.8 Å². The number of nitrogen functional groups attached to an aromatic ring is 1.